The van der Waals surface area contributed by atoms with Gasteiger partial charge in [0, 0.05) is 50.4 Å². The Morgan fingerprint density at radius 3 is 1.39 bits per heavy atom. The quantitative estimate of drug-likeness (QED) is 0.0449. The summed E-state index contributed by atoms with van der Waals surface area (Å²) in [5.41, 5.74) is 16.8. The fraction of sp³-hybridized carbons (Fsp3) is 0.311. The number of rotatable bonds is 23. The first-order valence-corrected chi connectivity index (χ1v) is 25.4. The van der Waals surface area contributed by atoms with E-state index in [0.29, 0.717) is 50.8 Å². The third-order valence-electron chi connectivity index (χ3n) is 12.5. The zero-order valence-electron chi connectivity index (χ0n) is 45.0. The highest BCUT2D eigenvalue weighted by Crippen LogP contribution is 2.36. The summed E-state index contributed by atoms with van der Waals surface area (Å²) in [7, 11) is 3.21. The number of methoxy groups -OCH3 is 2. The van der Waals surface area contributed by atoms with E-state index in [2.05, 4.69) is 28.1 Å². The van der Waals surface area contributed by atoms with Gasteiger partial charge < -0.3 is 45.7 Å². The van der Waals surface area contributed by atoms with Crippen LogP contribution in [0, 0.1) is 13.8 Å². The number of nitrogens with two attached hydrogens (primary N) is 1. The molecule has 15 heteroatoms. The van der Waals surface area contributed by atoms with E-state index in [-0.39, 0.29) is 55.5 Å². The van der Waals surface area contributed by atoms with Crippen LogP contribution in [0.4, 0.5) is 9.59 Å². The molecule has 0 aromatic heterocycles. The molecule has 5 N–H and O–H groups in total. The summed E-state index contributed by atoms with van der Waals surface area (Å²) in [6.07, 6.45) is 0.167. The Balaban J connectivity index is 0.000000281. The highest BCUT2D eigenvalue weighted by molar-refractivity contribution is 5.86. The smallest absolute Gasteiger partial charge is 0.317 e. The maximum Gasteiger partial charge on any atom is 0.317 e. The van der Waals surface area contributed by atoms with Crippen molar-refractivity contribution in [1.82, 2.24) is 25.8 Å². The molecule has 0 radical (unpaired) electrons. The molecule has 0 bridgehead atoms. The Hall–Kier alpha value is -8.30. The lowest BCUT2D eigenvalue weighted by Gasteiger charge is -2.24. The van der Waals surface area contributed by atoms with Crippen molar-refractivity contribution in [3.63, 3.8) is 0 Å². The number of hydrogen-bond acceptors (Lipinski definition) is 10. The number of esters is 1. The molecule has 1 atom stereocenters. The van der Waals surface area contributed by atoms with Gasteiger partial charge in [0.2, 0.25) is 5.91 Å². The third kappa shape index (κ3) is 18.0. The average molecular weight is 1030 g/mol. The maximum absolute atomic E-state index is 13.0. The van der Waals surface area contributed by atoms with Crippen molar-refractivity contribution in [2.75, 3.05) is 40.5 Å². The number of amides is 5. The van der Waals surface area contributed by atoms with Crippen LogP contribution in [0.1, 0.15) is 72.2 Å². The fourth-order valence-corrected chi connectivity index (χ4v) is 8.21. The average Bonchev–Trinajstić information content (AvgIpc) is 3.42. The monoisotopic (exact) mass is 1030 g/mol. The summed E-state index contributed by atoms with van der Waals surface area (Å²) >= 11 is 0. The van der Waals surface area contributed by atoms with Gasteiger partial charge in [-0.25, -0.2) is 9.59 Å². The Bertz CT molecular complexity index is 2930. The first kappa shape index (κ1) is 58.6. The summed E-state index contributed by atoms with van der Waals surface area (Å²) in [5.74, 6) is 0.293. The zero-order chi connectivity index (χ0) is 55.1. The number of nitrogens with one attached hydrogen (secondary N) is 3. The Kier molecular flexibility index (Phi) is 22.8. The molecule has 6 rings (SSSR count). The van der Waals surface area contributed by atoms with Gasteiger partial charge in [0.05, 0.1) is 39.6 Å². The normalized spacial score (nSPS) is 11.0. The SMILES string of the molecule is CCN(Cc1cc(C)ccc1-c1cc(CC(=O)NCC(C)=O)ccc1OC)C(=O)NCc1ccccc1.CCN(Cc1cc(C)ccc1-c1cc(CC(=O)OCC(N)C(C)=O)ccc1OC)C(=O)NCc1ccccc1. The molecule has 6 aromatic carbocycles. The molecule has 0 aliphatic heterocycles. The predicted octanol–water partition coefficient (Wildman–Crippen LogP) is 9.05. The summed E-state index contributed by atoms with van der Waals surface area (Å²) in [5, 5.41) is 8.65. The van der Waals surface area contributed by atoms with E-state index >= 15 is 0 Å². The van der Waals surface area contributed by atoms with Crippen LogP contribution in [0.25, 0.3) is 22.3 Å². The molecule has 0 saturated carbocycles. The van der Waals surface area contributed by atoms with Gasteiger partial charge in [-0.3, -0.25) is 19.2 Å². The van der Waals surface area contributed by atoms with Gasteiger partial charge in [-0.2, -0.15) is 0 Å². The van der Waals surface area contributed by atoms with Crippen LogP contribution in [0.2, 0.25) is 0 Å². The van der Waals surface area contributed by atoms with E-state index in [4.69, 9.17) is 19.9 Å². The van der Waals surface area contributed by atoms with Gasteiger partial charge in [-0.1, -0.05) is 120 Å². The van der Waals surface area contributed by atoms with Crippen LogP contribution in [0.15, 0.2) is 133 Å². The topological polar surface area (TPSA) is 199 Å². The minimum Gasteiger partial charge on any atom is -0.496 e. The molecule has 5 amide bonds. The second kappa shape index (κ2) is 29.6. The lowest BCUT2D eigenvalue weighted by molar-refractivity contribution is -0.144. The molecule has 0 saturated heterocycles. The number of Topliss-reactive ketones (excluding diaryl/α,β-unsaturated/α-hetero) is 2. The van der Waals surface area contributed by atoms with Crippen molar-refractivity contribution in [1.29, 1.82) is 0 Å². The largest absolute Gasteiger partial charge is 0.496 e. The van der Waals surface area contributed by atoms with Gasteiger partial charge >= 0.3 is 18.0 Å². The number of ketones is 2. The summed E-state index contributed by atoms with van der Waals surface area (Å²) in [6, 6.07) is 41.8. The van der Waals surface area contributed by atoms with Crippen molar-refractivity contribution in [3.8, 4) is 33.8 Å². The highest BCUT2D eigenvalue weighted by atomic mass is 16.5. The minimum absolute atomic E-state index is 0.0170. The minimum atomic E-state index is -0.832. The van der Waals surface area contributed by atoms with Gasteiger partial charge in [0.15, 0.2) is 0 Å². The Morgan fingerprint density at radius 1 is 0.539 bits per heavy atom. The van der Waals surface area contributed by atoms with Crippen LogP contribution in [-0.2, 0) is 62.9 Å². The first-order chi connectivity index (χ1) is 36.5. The van der Waals surface area contributed by atoms with Crippen LogP contribution in [0.3, 0.4) is 0 Å². The first-order valence-electron chi connectivity index (χ1n) is 25.4. The van der Waals surface area contributed by atoms with Crippen LogP contribution in [0.5, 0.6) is 11.5 Å². The van der Waals surface area contributed by atoms with Gasteiger partial charge in [-0.05, 0) is 110 Å². The van der Waals surface area contributed by atoms with E-state index in [1.54, 1.807) is 30.1 Å². The van der Waals surface area contributed by atoms with Gasteiger partial charge in [0.25, 0.3) is 0 Å². The van der Waals surface area contributed by atoms with Crippen molar-refractivity contribution in [2.45, 2.75) is 86.6 Å². The van der Waals surface area contributed by atoms with Gasteiger partial charge in [-0.15, -0.1) is 0 Å². The van der Waals surface area contributed by atoms with Crippen molar-refractivity contribution >= 4 is 35.5 Å². The number of aryl methyl sites for hydroxylation is 2. The number of nitrogens with zero attached hydrogens (tertiary/aromatic N) is 2. The molecular formula is C61H72N6O9. The van der Waals surface area contributed by atoms with E-state index in [1.165, 1.54) is 13.8 Å². The molecule has 1 unspecified atom stereocenters. The predicted molar refractivity (Wildman–Crippen MR) is 297 cm³/mol. The Labute approximate surface area is 447 Å². The second-order valence-corrected chi connectivity index (χ2v) is 18.4. The molecule has 0 aliphatic rings. The lowest BCUT2D eigenvalue weighted by atomic mass is 9.94. The van der Waals surface area contributed by atoms with E-state index < -0.39 is 12.0 Å². The molecule has 76 heavy (non-hydrogen) atoms. The third-order valence-corrected chi connectivity index (χ3v) is 12.5. The van der Waals surface area contributed by atoms with Crippen molar-refractivity contribution in [2.24, 2.45) is 5.73 Å². The molecule has 0 heterocycles. The van der Waals surface area contributed by atoms with Gasteiger partial charge in [0.1, 0.15) is 29.7 Å². The van der Waals surface area contributed by atoms with Crippen molar-refractivity contribution in [3.05, 3.63) is 178 Å². The summed E-state index contributed by atoms with van der Waals surface area (Å²) in [6.45, 7) is 13.4. The molecule has 0 fully saturated rings. The van der Waals surface area contributed by atoms with E-state index in [9.17, 15) is 28.8 Å². The number of carbonyl (C=O) groups is 6. The number of benzene rings is 6. The van der Waals surface area contributed by atoms with Crippen LogP contribution in [-0.4, -0.2) is 91.8 Å². The van der Waals surface area contributed by atoms with E-state index in [0.717, 1.165) is 66.8 Å². The number of carbonyl (C=O) groups excluding carboxylic acids is 6. The highest BCUT2D eigenvalue weighted by Gasteiger charge is 2.21. The van der Waals surface area contributed by atoms with E-state index in [1.807, 2.05) is 143 Å². The fourth-order valence-electron chi connectivity index (χ4n) is 8.21. The molecule has 6 aromatic rings. The maximum atomic E-state index is 13.0. The molecule has 0 aliphatic carbocycles. The zero-order valence-corrected chi connectivity index (χ0v) is 45.0. The molecule has 400 valence electrons. The number of ether oxygens (including phenoxy) is 3. The number of urea groups is 2. The standard InChI is InChI=1S/C31H37N3O5.C30H35N3O4/c1-5-34(31(37)33-18-23-9-7-6-8-10-23)19-25-15-21(2)11-13-26(25)27-16-24(12-14-29(27)38-4)17-30(36)39-20-28(32)22(3)35;1-5-33(30(36)32-19-23-9-7-6-8-10-23)20-25-15-21(2)11-13-26(25)27-16-24(12-14-28(27)37-4)17-29(35)31-18-22(3)34/h6-16,28H,5,17-20,32H2,1-4H3,(H,33,37);6-16H,5,17-20H2,1-4H3,(H,31,35)(H,32,36). The van der Waals surface area contributed by atoms with Crippen LogP contribution >= 0.6 is 0 Å². The summed E-state index contributed by atoms with van der Waals surface area (Å²) in [4.78, 5) is 76.8. The molecular weight excluding hydrogens is 961 g/mol. The molecule has 15 nitrogen and oxygen atoms in total. The van der Waals surface area contributed by atoms with Crippen molar-refractivity contribution < 1.29 is 43.0 Å². The second-order valence-electron chi connectivity index (χ2n) is 18.4. The van der Waals surface area contributed by atoms with Crippen LogP contribution < -0.4 is 31.2 Å². The molecule has 0 spiro atoms. The summed E-state index contributed by atoms with van der Waals surface area (Å²) < 4.78 is 16.5. The Morgan fingerprint density at radius 2 is 0.987 bits per heavy atom. The number of hydrogen-bond donors (Lipinski definition) is 4. The lowest BCUT2D eigenvalue weighted by Crippen LogP contribution is -2.39.